The van der Waals surface area contributed by atoms with Gasteiger partial charge in [0.25, 0.3) is 0 Å². The fraction of sp³-hybridized carbons (Fsp3) is 0.474. The van der Waals surface area contributed by atoms with E-state index in [0.717, 1.165) is 57.9 Å². The maximum Gasteiger partial charge on any atom is 0.339 e. The number of esters is 2. The van der Waals surface area contributed by atoms with Crippen molar-refractivity contribution in [3.8, 4) is 11.4 Å². The molecule has 0 bridgehead atoms. The van der Waals surface area contributed by atoms with Crippen LogP contribution in [0.1, 0.15) is 115 Å². The van der Waals surface area contributed by atoms with E-state index in [1.165, 1.54) is 51.4 Å². The predicted molar refractivity (Wildman–Crippen MR) is 173 cm³/mol. The van der Waals surface area contributed by atoms with Gasteiger partial charge in [-0.15, -0.1) is 0 Å². The molecule has 2 saturated carbocycles. The molecule has 2 fully saturated rings. The van der Waals surface area contributed by atoms with Gasteiger partial charge in [-0.05, 0) is 100 Å². The molecule has 0 saturated heterocycles. The number of hydrogen-bond donors (Lipinski definition) is 0. The number of allylic oxidation sites excluding steroid dienone is 2. The zero-order chi connectivity index (χ0) is 31.2. The zero-order valence-corrected chi connectivity index (χ0v) is 29.7. The van der Waals surface area contributed by atoms with E-state index in [0.29, 0.717) is 22.7 Å². The topological polar surface area (TPSA) is 78.4 Å². The first-order valence-electron chi connectivity index (χ1n) is 16.2. The van der Waals surface area contributed by atoms with Crippen LogP contribution in [0.2, 0.25) is 0 Å². The van der Waals surface area contributed by atoms with E-state index in [-0.39, 0.29) is 43.8 Å². The van der Waals surface area contributed by atoms with Gasteiger partial charge in [-0.2, -0.15) is 0 Å². The van der Waals surface area contributed by atoms with Crippen LogP contribution in [-0.4, -0.2) is 21.9 Å². The molecule has 4 aliphatic rings. The van der Waals surface area contributed by atoms with Crippen molar-refractivity contribution in [1.29, 1.82) is 0 Å². The van der Waals surface area contributed by atoms with E-state index in [1.54, 1.807) is 13.8 Å². The van der Waals surface area contributed by atoms with Crippen LogP contribution in [0.3, 0.4) is 0 Å². The number of carbonyl (C=O) groups excluding carboxylic acids is 2. The molecule has 2 aromatic heterocycles. The van der Waals surface area contributed by atoms with Gasteiger partial charge in [0.05, 0.1) is 22.8 Å². The number of ether oxygens (including phenoxy) is 2. The number of aromatic nitrogens is 2. The van der Waals surface area contributed by atoms with E-state index in [9.17, 15) is 9.59 Å². The Kier molecular flexibility index (Phi) is 9.57. The Morgan fingerprint density at radius 2 is 0.978 bits per heavy atom. The molecule has 0 N–H and O–H groups in total. The van der Waals surface area contributed by atoms with Crippen LogP contribution in [-0.2, 0) is 53.0 Å². The molecule has 0 amide bonds. The molecule has 45 heavy (non-hydrogen) atoms. The van der Waals surface area contributed by atoms with E-state index in [1.807, 2.05) is 26.0 Å². The second-order valence-electron chi connectivity index (χ2n) is 14.2. The summed E-state index contributed by atoms with van der Waals surface area (Å²) in [7, 11) is 0. The molecule has 2 aliphatic heterocycles. The number of nitrogens with zero attached hydrogens (tertiary/aromatic N) is 2. The molecule has 0 radical (unpaired) electrons. The van der Waals surface area contributed by atoms with Gasteiger partial charge in [-0.25, -0.2) is 19.6 Å². The van der Waals surface area contributed by atoms with Crippen molar-refractivity contribution in [3.05, 3.63) is 80.6 Å². The summed E-state index contributed by atoms with van der Waals surface area (Å²) in [6, 6.07) is 8.46. The van der Waals surface area contributed by atoms with Crippen molar-refractivity contribution in [3.63, 3.8) is 0 Å². The van der Waals surface area contributed by atoms with Crippen molar-refractivity contribution >= 4 is 24.1 Å². The first kappa shape index (κ1) is 33.3. The molecule has 0 atom stereocenters. The Bertz CT molecular complexity index is 1540. The van der Waals surface area contributed by atoms with Crippen LogP contribution in [0, 0.1) is 10.8 Å². The summed E-state index contributed by atoms with van der Waals surface area (Å²) >= 11 is 0. The fourth-order valence-corrected chi connectivity index (χ4v) is 7.28. The Morgan fingerprint density at radius 1 is 0.622 bits per heavy atom. The van der Waals surface area contributed by atoms with Crippen molar-refractivity contribution in [1.82, 2.24) is 9.97 Å². The van der Waals surface area contributed by atoms with Gasteiger partial charge >= 0.3 is 11.9 Å². The summed E-state index contributed by atoms with van der Waals surface area (Å²) in [5.41, 5.74) is 8.89. The molecular formula is C38H44N2O4Pt. The molecular weight excluding hydrogens is 744 g/mol. The third kappa shape index (κ3) is 6.87. The average Bonchev–Trinajstić information content (AvgIpc) is 3.74. The van der Waals surface area contributed by atoms with Crippen LogP contribution in [0.4, 0.5) is 0 Å². The van der Waals surface area contributed by atoms with Gasteiger partial charge in [-0.3, -0.25) is 0 Å². The first-order chi connectivity index (χ1) is 20.9. The summed E-state index contributed by atoms with van der Waals surface area (Å²) in [4.78, 5) is 34.9. The van der Waals surface area contributed by atoms with E-state index < -0.39 is 0 Å². The molecule has 4 heterocycles. The normalized spacial score (nSPS) is 22.4. The summed E-state index contributed by atoms with van der Waals surface area (Å²) < 4.78 is 11.3. The van der Waals surface area contributed by atoms with Crippen molar-refractivity contribution in [2.75, 3.05) is 0 Å². The number of hydrogen-bond acceptors (Lipinski definition) is 6. The summed E-state index contributed by atoms with van der Waals surface area (Å²) in [6.07, 6.45) is 15.5. The van der Waals surface area contributed by atoms with Crippen molar-refractivity contribution in [2.45, 2.75) is 106 Å². The Labute approximate surface area is 281 Å². The van der Waals surface area contributed by atoms with Gasteiger partial charge in [0.2, 0.25) is 0 Å². The molecule has 6 nitrogen and oxygen atoms in total. The van der Waals surface area contributed by atoms with Gasteiger partial charge < -0.3 is 9.47 Å². The largest absolute Gasteiger partial charge is 0.423 e. The molecule has 7 heteroatoms. The first-order valence-corrected chi connectivity index (χ1v) is 16.2. The van der Waals surface area contributed by atoms with Gasteiger partial charge in [-0.1, -0.05) is 51.7 Å². The molecule has 2 aromatic rings. The van der Waals surface area contributed by atoms with Crippen molar-refractivity contribution < 1.29 is 40.1 Å². The molecule has 240 valence electrons. The minimum atomic E-state index is -0.299. The minimum Gasteiger partial charge on any atom is -0.423 e. The second-order valence-corrected chi connectivity index (χ2v) is 14.2. The fourth-order valence-electron chi connectivity index (χ4n) is 7.28. The minimum absolute atomic E-state index is 0. The smallest absolute Gasteiger partial charge is 0.339 e. The SMILES string of the molecule is CC1=C(C)/C(=C/c2nc(-c3ccc(CC4(C)CCCC4)c(/C=C4\OC(=O)C(C)=C4C)n3)ccc2CC2(C)CCCC2)OC1=O.[Pt]. The monoisotopic (exact) mass is 787 g/mol. The van der Waals surface area contributed by atoms with Crippen LogP contribution >= 0.6 is 0 Å². The third-order valence-electron chi connectivity index (χ3n) is 10.6. The summed E-state index contributed by atoms with van der Waals surface area (Å²) in [6.45, 7) is 12.2. The maximum absolute atomic E-state index is 12.3. The van der Waals surface area contributed by atoms with Crippen LogP contribution in [0.25, 0.3) is 23.5 Å². The number of pyridine rings is 2. The van der Waals surface area contributed by atoms with Gasteiger partial charge in [0, 0.05) is 55.5 Å². The van der Waals surface area contributed by atoms with E-state index in [4.69, 9.17) is 19.4 Å². The maximum atomic E-state index is 12.3. The second kappa shape index (κ2) is 12.9. The zero-order valence-electron chi connectivity index (χ0n) is 27.4. The Morgan fingerprint density at radius 3 is 1.29 bits per heavy atom. The van der Waals surface area contributed by atoms with E-state index >= 15 is 0 Å². The Balaban J connectivity index is 0.00000400. The quantitative estimate of drug-likeness (QED) is 0.261. The summed E-state index contributed by atoms with van der Waals surface area (Å²) in [5, 5.41) is 0. The van der Waals surface area contributed by atoms with Crippen LogP contribution < -0.4 is 0 Å². The average molecular weight is 788 g/mol. The predicted octanol–water partition coefficient (Wildman–Crippen LogP) is 8.85. The van der Waals surface area contributed by atoms with Gasteiger partial charge in [0.15, 0.2) is 0 Å². The number of carbonyl (C=O) groups is 2. The number of rotatable bonds is 7. The molecule has 0 aromatic carbocycles. The van der Waals surface area contributed by atoms with Crippen molar-refractivity contribution in [2.24, 2.45) is 10.8 Å². The molecule has 0 unspecified atom stereocenters. The van der Waals surface area contributed by atoms with Crippen LogP contribution in [0.5, 0.6) is 0 Å². The molecule has 0 spiro atoms. The third-order valence-corrected chi connectivity index (χ3v) is 10.6. The van der Waals surface area contributed by atoms with Gasteiger partial charge in [0.1, 0.15) is 11.5 Å². The standard InChI is InChI=1S/C38H44N2O4.Pt/c1-23-25(3)35(41)43-33(23)19-31-27(21-37(5)15-7-8-16-37)11-13-29(39-31)30-14-12-28(22-38(6)17-9-10-18-38)32(40-30)20-34-24(2)26(4)36(42)44-34;/h11-14,19-20H,7-10,15-18,21-22H2,1-6H3;/b33-19-,34-20-;. The summed E-state index contributed by atoms with van der Waals surface area (Å²) in [5.74, 6) is 0.531. The molecule has 2 aliphatic carbocycles. The molecule has 6 rings (SSSR count). The number of cyclic esters (lactones) is 2. The Hall–Kier alpha value is -3.11. The van der Waals surface area contributed by atoms with Crippen LogP contribution in [0.15, 0.2) is 58.1 Å². The van der Waals surface area contributed by atoms with E-state index in [2.05, 4.69) is 38.1 Å².